The Morgan fingerprint density at radius 2 is 1.61 bits per heavy atom. The molecule has 0 aromatic heterocycles. The van der Waals surface area contributed by atoms with Crippen LogP contribution in [-0.4, -0.2) is 75.7 Å². The number of benzene rings is 2. The van der Waals surface area contributed by atoms with Crippen LogP contribution in [0.25, 0.3) is 0 Å². The summed E-state index contributed by atoms with van der Waals surface area (Å²) in [6, 6.07) is 17.0. The number of carbonyl (C=O) groups excluding carboxylic acids is 1. The van der Waals surface area contributed by atoms with Crippen molar-refractivity contribution < 1.29 is 22.7 Å². The first-order valence-electron chi connectivity index (χ1n) is 10.2. The molecule has 1 N–H and O–H groups in total. The molecular weight excluding hydrogens is 418 g/mol. The number of carbonyl (C=O) groups is 1. The summed E-state index contributed by atoms with van der Waals surface area (Å²) < 4.78 is 37.1. The summed E-state index contributed by atoms with van der Waals surface area (Å²) >= 11 is 0. The second-order valence-electron chi connectivity index (χ2n) is 7.29. The third-order valence-corrected chi connectivity index (χ3v) is 6.96. The van der Waals surface area contributed by atoms with Gasteiger partial charge in [0.15, 0.2) is 6.61 Å². The van der Waals surface area contributed by atoms with E-state index < -0.39 is 10.0 Å². The summed E-state index contributed by atoms with van der Waals surface area (Å²) in [7, 11) is -1.84. The van der Waals surface area contributed by atoms with E-state index in [1.54, 1.807) is 31.4 Å². The molecule has 0 aliphatic carbocycles. The van der Waals surface area contributed by atoms with Crippen LogP contribution in [0.1, 0.15) is 5.56 Å². The lowest BCUT2D eigenvalue weighted by Crippen LogP contribution is -2.49. The molecular formula is C22H29N3O5S. The predicted octanol–water partition coefficient (Wildman–Crippen LogP) is 1.34. The van der Waals surface area contributed by atoms with Gasteiger partial charge in [0.05, 0.1) is 12.9 Å². The Hall–Kier alpha value is -2.62. The zero-order chi connectivity index (χ0) is 22.1. The summed E-state index contributed by atoms with van der Waals surface area (Å²) in [5.41, 5.74) is 1.22. The summed E-state index contributed by atoms with van der Waals surface area (Å²) in [4.78, 5) is 14.2. The topological polar surface area (TPSA) is 88.2 Å². The van der Waals surface area contributed by atoms with Crippen LogP contribution in [0.5, 0.6) is 11.5 Å². The second kappa shape index (κ2) is 11.1. The van der Waals surface area contributed by atoms with E-state index in [9.17, 15) is 13.2 Å². The van der Waals surface area contributed by atoms with Gasteiger partial charge in [0, 0.05) is 39.3 Å². The van der Waals surface area contributed by atoms with E-state index in [0.29, 0.717) is 37.7 Å². The largest absolute Gasteiger partial charge is 0.497 e. The first-order valence-corrected chi connectivity index (χ1v) is 11.8. The molecule has 9 heteroatoms. The molecule has 0 unspecified atom stereocenters. The highest BCUT2D eigenvalue weighted by molar-refractivity contribution is 7.89. The van der Waals surface area contributed by atoms with E-state index in [4.69, 9.17) is 9.47 Å². The number of amides is 1. The molecule has 31 heavy (non-hydrogen) atoms. The van der Waals surface area contributed by atoms with Gasteiger partial charge in [-0.2, -0.15) is 4.31 Å². The number of rotatable bonds is 10. The van der Waals surface area contributed by atoms with Gasteiger partial charge in [-0.25, -0.2) is 8.42 Å². The van der Waals surface area contributed by atoms with Crippen molar-refractivity contribution in [1.29, 1.82) is 0 Å². The van der Waals surface area contributed by atoms with Gasteiger partial charge >= 0.3 is 0 Å². The Bertz CT molecular complexity index is 927. The minimum atomic E-state index is -3.41. The molecule has 0 saturated carbocycles. The summed E-state index contributed by atoms with van der Waals surface area (Å²) in [6.45, 7) is 3.00. The van der Waals surface area contributed by atoms with E-state index in [1.165, 1.54) is 9.87 Å². The highest BCUT2D eigenvalue weighted by Crippen LogP contribution is 2.16. The predicted molar refractivity (Wildman–Crippen MR) is 119 cm³/mol. The summed E-state index contributed by atoms with van der Waals surface area (Å²) in [5, 5.41) is 2.61. The van der Waals surface area contributed by atoms with Crippen LogP contribution in [0.15, 0.2) is 54.6 Å². The van der Waals surface area contributed by atoms with Crippen LogP contribution in [0, 0.1) is 0 Å². The number of methoxy groups -OCH3 is 1. The zero-order valence-corrected chi connectivity index (χ0v) is 18.5. The molecule has 1 fully saturated rings. The molecule has 2 aromatic carbocycles. The monoisotopic (exact) mass is 447 g/mol. The van der Waals surface area contributed by atoms with Crippen LogP contribution in [0.3, 0.4) is 0 Å². The lowest BCUT2D eigenvalue weighted by molar-refractivity contribution is -0.122. The minimum absolute atomic E-state index is 0.0529. The highest BCUT2D eigenvalue weighted by atomic mass is 32.2. The number of sulfonamides is 1. The SMILES string of the molecule is COc1ccc(OCC(=O)NCCS(=O)(=O)N2CCN(Cc3ccccc3)CC2)cc1. The molecule has 3 rings (SSSR count). The molecule has 1 aliphatic rings. The number of piperazine rings is 1. The van der Waals surface area contributed by atoms with Gasteiger partial charge in [0.25, 0.3) is 5.91 Å². The maximum absolute atomic E-state index is 12.6. The van der Waals surface area contributed by atoms with Crippen molar-refractivity contribution in [3.8, 4) is 11.5 Å². The molecule has 8 nitrogen and oxygen atoms in total. The number of hydrogen-bond acceptors (Lipinski definition) is 6. The summed E-state index contributed by atoms with van der Waals surface area (Å²) in [6.07, 6.45) is 0. The fourth-order valence-electron chi connectivity index (χ4n) is 3.33. The maximum atomic E-state index is 12.6. The lowest BCUT2D eigenvalue weighted by Gasteiger charge is -2.34. The number of nitrogens with one attached hydrogen (secondary N) is 1. The Kier molecular flexibility index (Phi) is 8.27. The van der Waals surface area contributed by atoms with Crippen molar-refractivity contribution in [3.05, 3.63) is 60.2 Å². The van der Waals surface area contributed by atoms with E-state index in [1.807, 2.05) is 18.2 Å². The molecule has 0 bridgehead atoms. The maximum Gasteiger partial charge on any atom is 0.257 e. The normalized spacial score (nSPS) is 15.4. The molecule has 0 spiro atoms. The van der Waals surface area contributed by atoms with Gasteiger partial charge in [0.2, 0.25) is 10.0 Å². The highest BCUT2D eigenvalue weighted by Gasteiger charge is 2.26. The average Bonchev–Trinajstić information content (AvgIpc) is 2.79. The number of hydrogen-bond donors (Lipinski definition) is 1. The average molecular weight is 448 g/mol. The van der Waals surface area contributed by atoms with Gasteiger partial charge in [-0.05, 0) is 29.8 Å². The van der Waals surface area contributed by atoms with E-state index in [0.717, 1.165) is 6.54 Å². The quantitative estimate of drug-likeness (QED) is 0.591. The first kappa shape index (κ1) is 23.1. The Morgan fingerprint density at radius 1 is 0.968 bits per heavy atom. The fraction of sp³-hybridized carbons (Fsp3) is 0.409. The minimum Gasteiger partial charge on any atom is -0.497 e. The molecule has 1 saturated heterocycles. The van der Waals surface area contributed by atoms with Gasteiger partial charge in [-0.15, -0.1) is 0 Å². The zero-order valence-electron chi connectivity index (χ0n) is 17.7. The molecule has 1 amide bonds. The first-order chi connectivity index (χ1) is 15.0. The van der Waals surface area contributed by atoms with E-state index in [-0.39, 0.29) is 24.8 Å². The van der Waals surface area contributed by atoms with Crippen molar-refractivity contribution in [1.82, 2.24) is 14.5 Å². The Labute approximate surface area is 183 Å². The van der Waals surface area contributed by atoms with Crippen LogP contribution in [0.4, 0.5) is 0 Å². The molecule has 1 aliphatic heterocycles. The molecule has 1 heterocycles. The molecule has 2 aromatic rings. The number of ether oxygens (including phenoxy) is 2. The Morgan fingerprint density at radius 3 is 2.26 bits per heavy atom. The van der Waals surface area contributed by atoms with E-state index in [2.05, 4.69) is 22.3 Å². The van der Waals surface area contributed by atoms with Crippen LogP contribution in [-0.2, 0) is 21.4 Å². The van der Waals surface area contributed by atoms with Crippen molar-refractivity contribution in [2.75, 3.05) is 52.2 Å². The second-order valence-corrected chi connectivity index (χ2v) is 9.38. The van der Waals surface area contributed by atoms with Crippen molar-refractivity contribution in [2.24, 2.45) is 0 Å². The van der Waals surface area contributed by atoms with E-state index >= 15 is 0 Å². The van der Waals surface area contributed by atoms with Crippen molar-refractivity contribution >= 4 is 15.9 Å². The molecule has 0 radical (unpaired) electrons. The van der Waals surface area contributed by atoms with Crippen LogP contribution >= 0.6 is 0 Å². The van der Waals surface area contributed by atoms with Crippen molar-refractivity contribution in [3.63, 3.8) is 0 Å². The lowest BCUT2D eigenvalue weighted by atomic mass is 10.2. The third kappa shape index (κ3) is 7.23. The molecule has 0 atom stereocenters. The number of nitrogens with zero attached hydrogens (tertiary/aromatic N) is 2. The van der Waals surface area contributed by atoms with Crippen LogP contribution in [0.2, 0.25) is 0 Å². The van der Waals surface area contributed by atoms with Crippen LogP contribution < -0.4 is 14.8 Å². The smallest absolute Gasteiger partial charge is 0.257 e. The van der Waals surface area contributed by atoms with Gasteiger partial charge in [-0.1, -0.05) is 30.3 Å². The van der Waals surface area contributed by atoms with Gasteiger partial charge in [-0.3, -0.25) is 9.69 Å². The van der Waals surface area contributed by atoms with Crippen molar-refractivity contribution in [2.45, 2.75) is 6.54 Å². The Balaban J connectivity index is 1.35. The van der Waals surface area contributed by atoms with Gasteiger partial charge in [0.1, 0.15) is 11.5 Å². The fourth-order valence-corrected chi connectivity index (χ4v) is 4.67. The van der Waals surface area contributed by atoms with Gasteiger partial charge < -0.3 is 14.8 Å². The molecule has 168 valence electrons. The summed E-state index contributed by atoms with van der Waals surface area (Å²) in [5.74, 6) is 0.749. The third-order valence-electron chi connectivity index (χ3n) is 5.09. The standard InChI is InChI=1S/C22H29N3O5S/c1-29-20-7-9-21(10-8-20)30-18-22(26)23-11-16-31(27,28)25-14-12-24(13-15-25)17-19-5-3-2-4-6-19/h2-10H,11-18H2,1H3,(H,23,26).